The zero-order valence-electron chi connectivity index (χ0n) is 13.3. The molecule has 1 heterocycles. The van der Waals surface area contributed by atoms with Crippen LogP contribution in [0.25, 0.3) is 10.9 Å². The van der Waals surface area contributed by atoms with Crippen LogP contribution in [-0.4, -0.2) is 19.9 Å². The first-order chi connectivity index (χ1) is 11.5. The molecule has 0 aliphatic carbocycles. The van der Waals surface area contributed by atoms with Gasteiger partial charge in [-0.15, -0.1) is 0 Å². The highest BCUT2D eigenvalue weighted by atomic mass is 79.9. The second-order valence-corrected chi connectivity index (χ2v) is 8.50. The number of aryl methyl sites for hydroxylation is 2. The summed E-state index contributed by atoms with van der Waals surface area (Å²) in [6.45, 7) is 2.35. The van der Waals surface area contributed by atoms with E-state index < -0.39 is 10.0 Å². The number of fused-ring (bicyclic) bond motifs is 1. The van der Waals surface area contributed by atoms with Gasteiger partial charge in [0.05, 0.1) is 4.90 Å². The highest BCUT2D eigenvalue weighted by Crippen LogP contribution is 2.23. The minimum atomic E-state index is -3.43. The lowest BCUT2D eigenvalue weighted by molar-refractivity contribution is 0.579. The number of rotatable bonds is 6. The molecule has 0 bridgehead atoms. The summed E-state index contributed by atoms with van der Waals surface area (Å²) in [7, 11) is -3.43. The van der Waals surface area contributed by atoms with Crippen LogP contribution in [0.15, 0.2) is 58.0 Å². The van der Waals surface area contributed by atoms with Gasteiger partial charge in [-0.2, -0.15) is 0 Å². The Kier molecular flexibility index (Phi) is 5.08. The van der Waals surface area contributed by atoms with Crippen molar-refractivity contribution >= 4 is 36.9 Å². The molecule has 0 unspecified atom stereocenters. The summed E-state index contributed by atoms with van der Waals surface area (Å²) in [6, 6.07) is 13.0. The number of nitrogens with one attached hydrogen (secondary N) is 2. The quantitative estimate of drug-likeness (QED) is 0.603. The highest BCUT2D eigenvalue weighted by Gasteiger charge is 2.13. The summed E-state index contributed by atoms with van der Waals surface area (Å²) >= 11 is 3.48. The summed E-state index contributed by atoms with van der Waals surface area (Å²) in [5.41, 5.74) is 3.33. The Morgan fingerprint density at radius 1 is 1.12 bits per heavy atom. The predicted molar refractivity (Wildman–Crippen MR) is 101 cm³/mol. The monoisotopic (exact) mass is 406 g/mol. The fourth-order valence-electron chi connectivity index (χ4n) is 2.64. The zero-order chi connectivity index (χ0) is 17.2. The van der Waals surface area contributed by atoms with Gasteiger partial charge in [0.25, 0.3) is 0 Å². The van der Waals surface area contributed by atoms with Crippen LogP contribution < -0.4 is 4.72 Å². The van der Waals surface area contributed by atoms with Crippen molar-refractivity contribution in [2.24, 2.45) is 0 Å². The van der Waals surface area contributed by atoms with E-state index in [1.165, 1.54) is 10.9 Å². The van der Waals surface area contributed by atoms with Gasteiger partial charge < -0.3 is 4.98 Å². The maximum absolute atomic E-state index is 12.2. The van der Waals surface area contributed by atoms with E-state index in [2.05, 4.69) is 31.7 Å². The van der Waals surface area contributed by atoms with Crippen LogP contribution >= 0.6 is 15.9 Å². The van der Waals surface area contributed by atoms with Crippen LogP contribution in [0, 0.1) is 6.92 Å². The fraction of sp³-hybridized carbons (Fsp3) is 0.222. The molecule has 6 heteroatoms. The number of sulfonamides is 1. The molecule has 0 aliphatic rings. The lowest BCUT2D eigenvalue weighted by atomic mass is 10.1. The molecule has 3 aromatic rings. The van der Waals surface area contributed by atoms with E-state index >= 15 is 0 Å². The lowest BCUT2D eigenvalue weighted by Gasteiger charge is -2.07. The van der Waals surface area contributed by atoms with Gasteiger partial charge in [-0.05, 0) is 55.7 Å². The molecule has 0 radical (unpaired) electrons. The van der Waals surface area contributed by atoms with Crippen LogP contribution in [0.5, 0.6) is 0 Å². The van der Waals surface area contributed by atoms with E-state index in [0.29, 0.717) is 11.4 Å². The second kappa shape index (κ2) is 7.09. The van der Waals surface area contributed by atoms with Gasteiger partial charge in [0, 0.05) is 28.1 Å². The first-order valence-electron chi connectivity index (χ1n) is 7.77. The van der Waals surface area contributed by atoms with Gasteiger partial charge in [0.15, 0.2) is 0 Å². The summed E-state index contributed by atoms with van der Waals surface area (Å²) in [4.78, 5) is 3.55. The Labute approximate surface area is 150 Å². The summed E-state index contributed by atoms with van der Waals surface area (Å²) in [5, 5.41) is 1.17. The molecule has 0 saturated heterocycles. The zero-order valence-corrected chi connectivity index (χ0v) is 15.7. The van der Waals surface area contributed by atoms with Crippen molar-refractivity contribution in [3.63, 3.8) is 0 Å². The average Bonchev–Trinajstić information content (AvgIpc) is 2.94. The predicted octanol–water partition coefficient (Wildman–Crippen LogP) is 4.15. The third-order valence-corrected chi connectivity index (χ3v) is 5.95. The summed E-state index contributed by atoms with van der Waals surface area (Å²) in [6.07, 6.45) is 3.54. The average molecular weight is 407 g/mol. The van der Waals surface area contributed by atoms with Gasteiger partial charge in [0.1, 0.15) is 0 Å². The molecule has 0 aliphatic heterocycles. The van der Waals surface area contributed by atoms with E-state index in [0.717, 1.165) is 28.4 Å². The van der Waals surface area contributed by atoms with E-state index in [4.69, 9.17) is 0 Å². The Balaban J connectivity index is 1.60. The van der Waals surface area contributed by atoms with Crippen LogP contribution in [0.3, 0.4) is 0 Å². The number of aromatic amines is 1. The number of hydrogen-bond donors (Lipinski definition) is 2. The topological polar surface area (TPSA) is 62.0 Å². The SMILES string of the molecule is Cc1ccc(S(=O)(=O)NCCCc2c[nH]c3ccc(Br)cc23)cc1. The van der Waals surface area contributed by atoms with Gasteiger partial charge in [-0.3, -0.25) is 0 Å². The first kappa shape index (κ1) is 17.2. The Bertz CT molecular complexity index is 947. The molecular weight excluding hydrogens is 388 g/mol. The lowest BCUT2D eigenvalue weighted by Crippen LogP contribution is -2.25. The van der Waals surface area contributed by atoms with Crippen LogP contribution in [0.1, 0.15) is 17.5 Å². The summed E-state index contributed by atoms with van der Waals surface area (Å²) < 4.78 is 28.2. The Hall–Kier alpha value is -1.63. The molecule has 2 N–H and O–H groups in total. The number of aromatic nitrogens is 1. The molecule has 0 spiro atoms. The molecule has 1 aromatic heterocycles. The number of benzene rings is 2. The van der Waals surface area contributed by atoms with Gasteiger partial charge >= 0.3 is 0 Å². The van der Waals surface area contributed by atoms with E-state index in [-0.39, 0.29) is 0 Å². The molecule has 24 heavy (non-hydrogen) atoms. The Morgan fingerprint density at radius 2 is 1.88 bits per heavy atom. The summed E-state index contributed by atoms with van der Waals surface area (Å²) in [5.74, 6) is 0. The van der Waals surface area contributed by atoms with Crippen molar-refractivity contribution in [1.29, 1.82) is 0 Å². The van der Waals surface area contributed by atoms with Crippen molar-refractivity contribution in [3.8, 4) is 0 Å². The van der Waals surface area contributed by atoms with E-state index in [1.807, 2.05) is 25.3 Å². The largest absolute Gasteiger partial charge is 0.361 e. The van der Waals surface area contributed by atoms with Gasteiger partial charge in [0.2, 0.25) is 10.0 Å². The molecule has 4 nitrogen and oxygen atoms in total. The minimum Gasteiger partial charge on any atom is -0.361 e. The van der Waals surface area contributed by atoms with Crippen LogP contribution in [0.2, 0.25) is 0 Å². The van der Waals surface area contributed by atoms with Crippen molar-refractivity contribution in [1.82, 2.24) is 9.71 Å². The van der Waals surface area contributed by atoms with Gasteiger partial charge in [-0.1, -0.05) is 33.6 Å². The first-order valence-corrected chi connectivity index (χ1v) is 10.1. The normalized spacial score (nSPS) is 11.9. The fourth-order valence-corrected chi connectivity index (χ4v) is 4.08. The number of hydrogen-bond acceptors (Lipinski definition) is 2. The molecule has 126 valence electrons. The molecule has 3 rings (SSSR count). The van der Waals surface area contributed by atoms with Crippen LogP contribution in [-0.2, 0) is 16.4 Å². The minimum absolute atomic E-state index is 0.309. The van der Waals surface area contributed by atoms with Crippen molar-refractivity contribution < 1.29 is 8.42 Å². The van der Waals surface area contributed by atoms with Crippen molar-refractivity contribution in [3.05, 3.63) is 64.3 Å². The van der Waals surface area contributed by atoms with E-state index in [1.54, 1.807) is 24.3 Å². The van der Waals surface area contributed by atoms with Crippen LogP contribution in [0.4, 0.5) is 0 Å². The van der Waals surface area contributed by atoms with Crippen molar-refractivity contribution in [2.75, 3.05) is 6.54 Å². The van der Waals surface area contributed by atoms with Gasteiger partial charge in [-0.25, -0.2) is 13.1 Å². The smallest absolute Gasteiger partial charge is 0.240 e. The maximum Gasteiger partial charge on any atom is 0.240 e. The van der Waals surface area contributed by atoms with Crippen molar-refractivity contribution in [2.45, 2.75) is 24.7 Å². The maximum atomic E-state index is 12.2. The molecule has 0 fully saturated rings. The standard InChI is InChI=1S/C18H19BrN2O2S/c1-13-4-7-16(8-5-13)24(22,23)21-10-2-3-14-12-20-18-9-6-15(19)11-17(14)18/h4-9,11-12,20-21H,2-3,10H2,1H3. The third-order valence-electron chi connectivity index (χ3n) is 3.98. The second-order valence-electron chi connectivity index (χ2n) is 5.82. The Morgan fingerprint density at radius 3 is 2.62 bits per heavy atom. The molecule has 0 atom stereocenters. The number of H-pyrrole nitrogens is 1. The molecule has 2 aromatic carbocycles. The molecule has 0 saturated carbocycles. The highest BCUT2D eigenvalue weighted by molar-refractivity contribution is 9.10. The van der Waals surface area contributed by atoms with E-state index in [9.17, 15) is 8.42 Å². The molecular formula is C18H19BrN2O2S. The molecule has 0 amide bonds. The number of halogens is 1. The third kappa shape index (κ3) is 3.88.